The largest absolute Gasteiger partial charge is 0.496 e. The number of nitrogens with one attached hydrogen (secondary N) is 2. The Bertz CT molecular complexity index is 568. The second-order valence-corrected chi connectivity index (χ2v) is 6.75. The van der Waals surface area contributed by atoms with Crippen LogP contribution in [-0.2, 0) is 21.3 Å². The number of hydrogen-bond acceptors (Lipinski definition) is 5. The molecule has 1 unspecified atom stereocenters. The molecule has 1 aliphatic heterocycles. The molecule has 1 heterocycles. The zero-order chi connectivity index (χ0) is 15.3. The molecule has 1 aliphatic rings. The zero-order valence-electron chi connectivity index (χ0n) is 12.4. The first-order valence-corrected chi connectivity index (χ1v) is 8.46. The van der Waals surface area contributed by atoms with Crippen molar-refractivity contribution in [2.24, 2.45) is 0 Å². The molecule has 0 aliphatic carbocycles. The highest BCUT2D eigenvalue weighted by Gasteiger charge is 2.23. The Labute approximate surface area is 125 Å². The van der Waals surface area contributed by atoms with Gasteiger partial charge in [0.25, 0.3) is 0 Å². The van der Waals surface area contributed by atoms with Gasteiger partial charge in [-0.15, -0.1) is 0 Å². The minimum atomic E-state index is -3.54. The van der Waals surface area contributed by atoms with Gasteiger partial charge in [0.15, 0.2) is 0 Å². The fourth-order valence-corrected chi connectivity index (χ4v) is 3.68. The highest BCUT2D eigenvalue weighted by molar-refractivity contribution is 7.89. The fraction of sp³-hybridized carbons (Fsp3) is 0.571. The van der Waals surface area contributed by atoms with E-state index < -0.39 is 10.0 Å². The minimum Gasteiger partial charge on any atom is -0.496 e. The van der Waals surface area contributed by atoms with Crippen LogP contribution in [0.3, 0.4) is 0 Å². The van der Waals surface area contributed by atoms with E-state index in [9.17, 15) is 8.42 Å². The summed E-state index contributed by atoms with van der Waals surface area (Å²) in [4.78, 5) is 0.249. The zero-order valence-corrected chi connectivity index (χ0v) is 13.2. The van der Waals surface area contributed by atoms with Crippen molar-refractivity contribution in [3.05, 3.63) is 23.8 Å². The second-order valence-electron chi connectivity index (χ2n) is 5.04. The number of benzene rings is 1. The first-order valence-electron chi connectivity index (χ1n) is 6.98. The molecule has 0 radical (unpaired) electrons. The first kappa shape index (κ1) is 16.2. The lowest BCUT2D eigenvalue weighted by Gasteiger charge is -2.23. The van der Waals surface area contributed by atoms with Crippen LogP contribution in [-0.4, -0.2) is 41.8 Å². The Balaban J connectivity index is 2.20. The molecule has 6 nitrogen and oxygen atoms in total. The molecule has 0 saturated carbocycles. The van der Waals surface area contributed by atoms with Gasteiger partial charge >= 0.3 is 0 Å². The third-order valence-electron chi connectivity index (χ3n) is 3.41. The van der Waals surface area contributed by atoms with Gasteiger partial charge in [-0.2, -0.15) is 0 Å². The predicted octanol–water partition coefficient (Wildman–Crippen LogP) is 0.872. The number of hydrogen-bond donors (Lipinski definition) is 2. The molecular weight excluding hydrogens is 292 g/mol. The Kier molecular flexibility index (Phi) is 5.58. The standard InChI is InChI=1S/C14H22N2O4S/c1-15-9-11-8-13(5-6-14(11)19-2)21(17,18)16-12-4-3-7-20-10-12/h5-6,8,12,15-16H,3-4,7,9-10H2,1-2H3. The summed E-state index contributed by atoms with van der Waals surface area (Å²) in [6.07, 6.45) is 1.68. The van der Waals surface area contributed by atoms with Crippen LogP contribution in [0.2, 0.25) is 0 Å². The van der Waals surface area contributed by atoms with E-state index in [0.717, 1.165) is 18.4 Å². The van der Waals surface area contributed by atoms with Crippen molar-refractivity contribution in [1.29, 1.82) is 0 Å². The van der Waals surface area contributed by atoms with Gasteiger partial charge in [-0.3, -0.25) is 0 Å². The van der Waals surface area contributed by atoms with Crippen LogP contribution in [0.5, 0.6) is 5.75 Å². The lowest BCUT2D eigenvalue weighted by Crippen LogP contribution is -2.40. The molecule has 1 aromatic rings. The maximum Gasteiger partial charge on any atom is 0.240 e. The molecule has 1 saturated heterocycles. The maximum absolute atomic E-state index is 12.4. The van der Waals surface area contributed by atoms with Crippen LogP contribution in [0.4, 0.5) is 0 Å². The summed E-state index contributed by atoms with van der Waals surface area (Å²) in [6.45, 7) is 1.67. The summed E-state index contributed by atoms with van der Waals surface area (Å²) in [5.41, 5.74) is 0.808. The molecule has 7 heteroatoms. The first-order chi connectivity index (χ1) is 10.1. The van der Waals surface area contributed by atoms with Crippen molar-refractivity contribution in [3.63, 3.8) is 0 Å². The summed E-state index contributed by atoms with van der Waals surface area (Å²) >= 11 is 0. The van der Waals surface area contributed by atoms with Gasteiger partial charge in [-0.05, 0) is 38.1 Å². The average Bonchev–Trinajstić information content (AvgIpc) is 2.48. The monoisotopic (exact) mass is 314 g/mol. The van der Waals surface area contributed by atoms with Crippen molar-refractivity contribution in [3.8, 4) is 5.75 Å². The van der Waals surface area contributed by atoms with Crippen LogP contribution in [0.25, 0.3) is 0 Å². The lowest BCUT2D eigenvalue weighted by molar-refractivity contribution is 0.0774. The highest BCUT2D eigenvalue weighted by atomic mass is 32.2. The predicted molar refractivity (Wildman–Crippen MR) is 79.9 cm³/mol. The molecule has 1 fully saturated rings. The summed E-state index contributed by atoms with van der Waals surface area (Å²) in [7, 11) is -0.166. The summed E-state index contributed by atoms with van der Waals surface area (Å²) < 4.78 is 38.1. The molecule has 1 atom stereocenters. The van der Waals surface area contributed by atoms with Crippen LogP contribution in [0.1, 0.15) is 18.4 Å². The van der Waals surface area contributed by atoms with Gasteiger partial charge in [0, 0.05) is 24.8 Å². The molecule has 0 bridgehead atoms. The Morgan fingerprint density at radius 1 is 1.43 bits per heavy atom. The number of ether oxygens (including phenoxy) is 2. The SMILES string of the molecule is CNCc1cc(S(=O)(=O)NC2CCCOC2)ccc1OC. The number of rotatable bonds is 6. The van der Waals surface area contributed by atoms with E-state index in [4.69, 9.17) is 9.47 Å². The van der Waals surface area contributed by atoms with E-state index in [1.165, 1.54) is 0 Å². The molecule has 0 spiro atoms. The van der Waals surface area contributed by atoms with Gasteiger partial charge < -0.3 is 14.8 Å². The van der Waals surface area contributed by atoms with Gasteiger partial charge in [-0.1, -0.05) is 0 Å². The molecule has 2 N–H and O–H groups in total. The molecule has 21 heavy (non-hydrogen) atoms. The van der Waals surface area contributed by atoms with Gasteiger partial charge in [0.05, 0.1) is 18.6 Å². The van der Waals surface area contributed by atoms with E-state index in [1.54, 1.807) is 32.4 Å². The topological polar surface area (TPSA) is 76.7 Å². The molecule has 0 amide bonds. The van der Waals surface area contributed by atoms with Crippen molar-refractivity contribution >= 4 is 10.0 Å². The highest BCUT2D eigenvalue weighted by Crippen LogP contribution is 2.23. The average molecular weight is 314 g/mol. The summed E-state index contributed by atoms with van der Waals surface area (Å²) in [5.74, 6) is 0.671. The normalized spacial score (nSPS) is 19.4. The van der Waals surface area contributed by atoms with Gasteiger partial charge in [0.1, 0.15) is 5.75 Å². The van der Waals surface area contributed by atoms with Crippen molar-refractivity contribution in [2.45, 2.75) is 30.3 Å². The second kappa shape index (κ2) is 7.22. The summed E-state index contributed by atoms with van der Waals surface area (Å²) in [5, 5.41) is 3.00. The Morgan fingerprint density at radius 3 is 2.86 bits per heavy atom. The minimum absolute atomic E-state index is 0.154. The van der Waals surface area contributed by atoms with E-state index in [0.29, 0.717) is 25.5 Å². The third-order valence-corrected chi connectivity index (χ3v) is 4.93. The smallest absolute Gasteiger partial charge is 0.240 e. The molecule has 2 rings (SSSR count). The van der Waals surface area contributed by atoms with Crippen LogP contribution in [0, 0.1) is 0 Å². The van der Waals surface area contributed by atoms with Crippen molar-refractivity contribution in [2.75, 3.05) is 27.4 Å². The Hall–Kier alpha value is -1.15. The maximum atomic E-state index is 12.4. The lowest BCUT2D eigenvalue weighted by atomic mass is 10.1. The molecular formula is C14H22N2O4S. The van der Waals surface area contributed by atoms with Crippen LogP contribution in [0.15, 0.2) is 23.1 Å². The van der Waals surface area contributed by atoms with E-state index in [1.807, 2.05) is 0 Å². The van der Waals surface area contributed by atoms with Crippen molar-refractivity contribution in [1.82, 2.24) is 10.0 Å². The van der Waals surface area contributed by atoms with Crippen LogP contribution < -0.4 is 14.8 Å². The van der Waals surface area contributed by atoms with Crippen LogP contribution >= 0.6 is 0 Å². The number of sulfonamides is 1. The number of methoxy groups -OCH3 is 1. The third kappa shape index (κ3) is 4.16. The van der Waals surface area contributed by atoms with Gasteiger partial charge in [0.2, 0.25) is 10.0 Å². The Morgan fingerprint density at radius 2 is 2.24 bits per heavy atom. The molecule has 118 valence electrons. The van der Waals surface area contributed by atoms with E-state index in [-0.39, 0.29) is 10.9 Å². The van der Waals surface area contributed by atoms with E-state index in [2.05, 4.69) is 10.0 Å². The molecule has 0 aromatic heterocycles. The quantitative estimate of drug-likeness (QED) is 0.815. The molecule has 1 aromatic carbocycles. The fourth-order valence-electron chi connectivity index (χ4n) is 2.37. The van der Waals surface area contributed by atoms with Crippen molar-refractivity contribution < 1.29 is 17.9 Å². The van der Waals surface area contributed by atoms with E-state index >= 15 is 0 Å². The summed E-state index contributed by atoms with van der Waals surface area (Å²) in [6, 6.07) is 4.72. The van der Waals surface area contributed by atoms with Gasteiger partial charge in [-0.25, -0.2) is 13.1 Å².